The van der Waals surface area contributed by atoms with Gasteiger partial charge in [-0.1, -0.05) is 6.92 Å². The van der Waals surface area contributed by atoms with Crippen LogP contribution in [-0.4, -0.2) is 24.5 Å². The van der Waals surface area contributed by atoms with Crippen molar-refractivity contribution in [2.24, 2.45) is 0 Å². The third-order valence-corrected chi connectivity index (χ3v) is 3.33. The van der Waals surface area contributed by atoms with Crippen LogP contribution in [0.2, 0.25) is 0 Å². The van der Waals surface area contributed by atoms with Crippen LogP contribution in [0, 0.1) is 4.77 Å². The van der Waals surface area contributed by atoms with Crippen molar-refractivity contribution in [3.63, 3.8) is 0 Å². The molecular weight excluding hydrogens is 302 g/mol. The maximum atomic E-state index is 5.17. The Morgan fingerprint density at radius 1 is 1.59 bits per heavy atom. The molecule has 2 heterocycles. The minimum atomic E-state index is 0.259. The van der Waals surface area contributed by atoms with Crippen LogP contribution in [-0.2, 0) is 13.1 Å². The Kier molecular flexibility index (Phi) is 3.78. The molecule has 5 nitrogen and oxygen atoms in total. The summed E-state index contributed by atoms with van der Waals surface area (Å²) in [6.07, 6.45) is 3.73. The van der Waals surface area contributed by atoms with Crippen molar-refractivity contribution in [3.8, 4) is 0 Å². The van der Waals surface area contributed by atoms with Crippen LogP contribution in [0.4, 0.5) is 0 Å². The predicted molar refractivity (Wildman–Crippen MR) is 71.4 cm³/mol. The van der Waals surface area contributed by atoms with Crippen LogP contribution in [0.1, 0.15) is 25.6 Å². The van der Waals surface area contributed by atoms with Gasteiger partial charge in [-0.15, -0.1) is 0 Å². The van der Waals surface area contributed by atoms with Gasteiger partial charge in [0.1, 0.15) is 5.82 Å². The molecule has 17 heavy (non-hydrogen) atoms. The number of hydrogen-bond donors (Lipinski definition) is 1. The van der Waals surface area contributed by atoms with Crippen LogP contribution in [0.15, 0.2) is 16.9 Å². The first-order chi connectivity index (χ1) is 8.11. The molecule has 0 spiro atoms. The van der Waals surface area contributed by atoms with Crippen LogP contribution in [0.25, 0.3) is 0 Å². The number of H-pyrrole nitrogens is 1. The summed E-state index contributed by atoms with van der Waals surface area (Å²) in [5.74, 6) is 1.24. The van der Waals surface area contributed by atoms with E-state index in [1.165, 1.54) is 0 Å². The molecule has 2 aromatic heterocycles. The molecular formula is C10H14BrN5S. The van der Waals surface area contributed by atoms with Crippen LogP contribution in [0.5, 0.6) is 0 Å². The average molecular weight is 316 g/mol. The van der Waals surface area contributed by atoms with Crippen LogP contribution < -0.4 is 0 Å². The van der Waals surface area contributed by atoms with Gasteiger partial charge in [-0.25, -0.2) is 0 Å². The Labute approximate surface area is 113 Å². The lowest BCUT2D eigenvalue weighted by Gasteiger charge is -2.11. The number of nitrogens with zero attached hydrogens (tertiary/aromatic N) is 4. The summed E-state index contributed by atoms with van der Waals surface area (Å²) in [6, 6.07) is 0. The molecule has 0 bridgehead atoms. The fourth-order valence-electron chi connectivity index (χ4n) is 1.81. The van der Waals surface area contributed by atoms with Gasteiger partial charge in [0.15, 0.2) is 4.77 Å². The molecule has 0 aromatic carbocycles. The Balaban J connectivity index is 2.19. The number of halogens is 1. The lowest BCUT2D eigenvalue weighted by molar-refractivity contribution is 0.503. The number of aromatic nitrogens is 5. The van der Waals surface area contributed by atoms with E-state index in [0.717, 1.165) is 23.4 Å². The largest absolute Gasteiger partial charge is 0.304 e. The molecule has 2 rings (SSSR count). The molecule has 0 aliphatic rings. The molecule has 92 valence electrons. The monoisotopic (exact) mass is 315 g/mol. The average Bonchev–Trinajstić information content (AvgIpc) is 2.84. The van der Waals surface area contributed by atoms with E-state index in [1.54, 1.807) is 6.20 Å². The molecule has 1 atom stereocenters. The van der Waals surface area contributed by atoms with Crippen molar-refractivity contribution in [1.29, 1.82) is 0 Å². The standard InChI is InChI=1S/C10H14BrN5S/c1-3-16-9(13-14-10(16)17)7(2)5-15-6-8(11)4-12-15/h4,6-7H,3,5H2,1-2H3,(H,14,17)/t7-/m0/s1. The Hall–Kier alpha value is -0.950. The summed E-state index contributed by atoms with van der Waals surface area (Å²) in [4.78, 5) is 0. The minimum absolute atomic E-state index is 0.259. The minimum Gasteiger partial charge on any atom is -0.304 e. The summed E-state index contributed by atoms with van der Waals surface area (Å²) < 4.78 is 5.57. The predicted octanol–water partition coefficient (Wildman–Crippen LogP) is 2.72. The second kappa shape index (κ2) is 5.14. The smallest absolute Gasteiger partial charge is 0.195 e. The van der Waals surface area contributed by atoms with E-state index in [9.17, 15) is 0 Å². The summed E-state index contributed by atoms with van der Waals surface area (Å²) in [7, 11) is 0. The van der Waals surface area contributed by atoms with Gasteiger partial charge in [0.2, 0.25) is 0 Å². The number of rotatable bonds is 4. The highest BCUT2D eigenvalue weighted by Crippen LogP contribution is 2.16. The Morgan fingerprint density at radius 3 is 2.94 bits per heavy atom. The fraction of sp³-hybridized carbons (Fsp3) is 0.500. The second-order valence-electron chi connectivity index (χ2n) is 3.91. The molecule has 0 unspecified atom stereocenters. The van der Waals surface area contributed by atoms with E-state index in [1.807, 2.05) is 15.4 Å². The van der Waals surface area contributed by atoms with E-state index < -0.39 is 0 Å². The normalized spacial score (nSPS) is 12.9. The van der Waals surface area contributed by atoms with E-state index in [4.69, 9.17) is 12.2 Å². The quantitative estimate of drug-likeness (QED) is 0.883. The Bertz CT molecular complexity index is 555. The molecule has 0 saturated carbocycles. The van der Waals surface area contributed by atoms with E-state index in [-0.39, 0.29) is 5.92 Å². The number of aromatic amines is 1. The summed E-state index contributed by atoms with van der Waals surface area (Å²) in [5.41, 5.74) is 0. The molecule has 0 aliphatic carbocycles. The lowest BCUT2D eigenvalue weighted by atomic mass is 10.1. The second-order valence-corrected chi connectivity index (χ2v) is 5.22. The molecule has 1 N–H and O–H groups in total. The van der Waals surface area contributed by atoms with Gasteiger partial charge in [0.25, 0.3) is 0 Å². The first kappa shape index (κ1) is 12.5. The topological polar surface area (TPSA) is 51.4 Å². The molecule has 0 amide bonds. The molecule has 0 fully saturated rings. The number of hydrogen-bond acceptors (Lipinski definition) is 3. The van der Waals surface area contributed by atoms with E-state index >= 15 is 0 Å². The molecule has 2 aromatic rings. The van der Waals surface area contributed by atoms with Crippen molar-refractivity contribution >= 4 is 28.1 Å². The third kappa shape index (κ3) is 2.66. The summed E-state index contributed by atoms with van der Waals surface area (Å²) in [5, 5.41) is 11.4. The lowest BCUT2D eigenvalue weighted by Crippen LogP contribution is -2.12. The van der Waals surface area contributed by atoms with E-state index in [2.05, 4.69) is 45.1 Å². The van der Waals surface area contributed by atoms with Crippen LogP contribution >= 0.6 is 28.1 Å². The van der Waals surface area contributed by atoms with Gasteiger partial charge >= 0.3 is 0 Å². The highest BCUT2D eigenvalue weighted by molar-refractivity contribution is 9.10. The maximum Gasteiger partial charge on any atom is 0.195 e. The molecule has 0 saturated heterocycles. The van der Waals surface area contributed by atoms with Crippen molar-refractivity contribution in [3.05, 3.63) is 27.5 Å². The third-order valence-electron chi connectivity index (χ3n) is 2.61. The zero-order chi connectivity index (χ0) is 12.4. The van der Waals surface area contributed by atoms with Gasteiger partial charge < -0.3 is 4.57 Å². The van der Waals surface area contributed by atoms with Crippen molar-refractivity contribution in [1.82, 2.24) is 24.5 Å². The molecule has 0 radical (unpaired) electrons. The fourth-order valence-corrected chi connectivity index (χ4v) is 2.41. The van der Waals surface area contributed by atoms with Crippen molar-refractivity contribution < 1.29 is 0 Å². The first-order valence-corrected chi connectivity index (χ1v) is 6.65. The van der Waals surface area contributed by atoms with Crippen LogP contribution in [0.3, 0.4) is 0 Å². The molecule has 7 heteroatoms. The maximum absolute atomic E-state index is 5.17. The van der Waals surface area contributed by atoms with Gasteiger partial charge in [-0.3, -0.25) is 9.78 Å². The van der Waals surface area contributed by atoms with Gasteiger partial charge in [0, 0.05) is 18.7 Å². The van der Waals surface area contributed by atoms with Crippen molar-refractivity contribution in [2.75, 3.05) is 0 Å². The summed E-state index contributed by atoms with van der Waals surface area (Å²) in [6.45, 7) is 5.79. The van der Waals surface area contributed by atoms with Crippen molar-refractivity contribution in [2.45, 2.75) is 32.9 Å². The first-order valence-electron chi connectivity index (χ1n) is 5.45. The van der Waals surface area contributed by atoms with E-state index in [0.29, 0.717) is 4.77 Å². The summed E-state index contributed by atoms with van der Waals surface area (Å²) >= 11 is 8.56. The van der Waals surface area contributed by atoms with Gasteiger partial charge in [-0.05, 0) is 35.1 Å². The zero-order valence-corrected chi connectivity index (χ0v) is 12.1. The van der Waals surface area contributed by atoms with Gasteiger partial charge in [0.05, 0.1) is 17.2 Å². The Morgan fingerprint density at radius 2 is 2.35 bits per heavy atom. The SMILES string of the molecule is CCn1c([C@@H](C)Cn2cc(Br)cn2)n[nH]c1=S. The number of nitrogens with one attached hydrogen (secondary N) is 1. The highest BCUT2D eigenvalue weighted by atomic mass is 79.9. The molecule has 0 aliphatic heterocycles. The van der Waals surface area contributed by atoms with Gasteiger partial charge in [-0.2, -0.15) is 10.2 Å². The highest BCUT2D eigenvalue weighted by Gasteiger charge is 2.14. The zero-order valence-electron chi connectivity index (χ0n) is 9.72.